The van der Waals surface area contributed by atoms with Crippen molar-refractivity contribution in [3.05, 3.63) is 30.1 Å². The zero-order valence-corrected chi connectivity index (χ0v) is 11.6. The Labute approximate surface area is 103 Å². The molecule has 0 aliphatic carbocycles. The lowest BCUT2D eigenvalue weighted by molar-refractivity contribution is 0.0605. The lowest BCUT2D eigenvalue weighted by Gasteiger charge is -2.28. The molecule has 0 bridgehead atoms. The summed E-state index contributed by atoms with van der Waals surface area (Å²) in [6, 6.07) is 5.75. The first-order chi connectivity index (χ1) is 7.83. The molecule has 5 heteroatoms. The average Bonchev–Trinajstić information content (AvgIpc) is 2.14. The summed E-state index contributed by atoms with van der Waals surface area (Å²) in [5, 5.41) is 0.389. The smallest absolute Gasteiger partial charge is 0.386 e. The molecule has 0 atom stereocenters. The quantitative estimate of drug-likeness (QED) is 0.819. The topological polar surface area (TPSA) is 38.7 Å². The fraction of sp³-hybridized carbons (Fsp3) is 0.500. The van der Waals surface area contributed by atoms with Crippen LogP contribution in [-0.4, -0.2) is 25.8 Å². The number of hydrogen-bond acceptors (Lipinski definition) is 3. The highest BCUT2D eigenvalue weighted by Gasteiger charge is 2.42. The zero-order valence-electron chi connectivity index (χ0n) is 10.6. The molecule has 0 aliphatic heterocycles. The van der Waals surface area contributed by atoms with E-state index in [2.05, 4.69) is 0 Å². The van der Waals surface area contributed by atoms with Crippen LogP contribution in [0.15, 0.2) is 24.3 Å². The molecule has 0 saturated carbocycles. The molecule has 0 amide bonds. The van der Waals surface area contributed by atoms with Gasteiger partial charge in [-0.25, -0.2) is 4.39 Å². The van der Waals surface area contributed by atoms with Crippen LogP contribution in [0.4, 0.5) is 4.39 Å². The molecule has 0 unspecified atom stereocenters. The van der Waals surface area contributed by atoms with Gasteiger partial charge in [0.15, 0.2) is 0 Å². The largest absolute Gasteiger partial charge is 0.535 e. The number of hydrogen-bond donors (Lipinski definition) is 1. The van der Waals surface area contributed by atoms with Crippen LogP contribution in [0, 0.1) is 5.82 Å². The van der Waals surface area contributed by atoms with Crippen molar-refractivity contribution < 1.29 is 18.0 Å². The van der Waals surface area contributed by atoms with E-state index in [0.29, 0.717) is 5.19 Å². The van der Waals surface area contributed by atoms with Crippen LogP contribution < -0.4 is 5.19 Å². The van der Waals surface area contributed by atoms with Crippen LogP contribution in [0.2, 0.25) is 0 Å². The van der Waals surface area contributed by atoms with Gasteiger partial charge in [-0.3, -0.25) is 0 Å². The zero-order chi connectivity index (χ0) is 13.1. The molecule has 0 radical (unpaired) electrons. The maximum Gasteiger partial charge on any atom is 0.535 e. The van der Waals surface area contributed by atoms with Crippen molar-refractivity contribution in [3.63, 3.8) is 0 Å². The highest BCUT2D eigenvalue weighted by molar-refractivity contribution is 6.74. The molecule has 0 spiro atoms. The summed E-state index contributed by atoms with van der Waals surface area (Å²) < 4.78 is 24.2. The lowest BCUT2D eigenvalue weighted by atomic mass is 10.3. The van der Waals surface area contributed by atoms with Gasteiger partial charge in [-0.15, -0.1) is 0 Å². The predicted molar refractivity (Wildman–Crippen MR) is 66.4 cm³/mol. The highest BCUT2D eigenvalue weighted by atomic mass is 28.4. The summed E-state index contributed by atoms with van der Waals surface area (Å²) in [6.45, 7) is 7.23. The van der Waals surface area contributed by atoms with Crippen LogP contribution in [0.25, 0.3) is 0 Å². The van der Waals surface area contributed by atoms with E-state index in [-0.39, 0.29) is 12.2 Å². The molecule has 0 saturated heterocycles. The lowest BCUT2D eigenvalue weighted by Crippen LogP contribution is -2.56. The molecule has 0 aromatic heterocycles. The minimum atomic E-state index is -3.52. The Balaban J connectivity index is 3.04. The molecular formula is C12H19FO3Si. The van der Waals surface area contributed by atoms with Gasteiger partial charge in [-0.05, 0) is 39.8 Å². The summed E-state index contributed by atoms with van der Waals surface area (Å²) in [4.78, 5) is 10.5. The maximum absolute atomic E-state index is 13.2. The summed E-state index contributed by atoms with van der Waals surface area (Å²) in [6.07, 6.45) is -0.373. The van der Waals surface area contributed by atoms with E-state index in [1.165, 1.54) is 18.2 Å². The fourth-order valence-corrected chi connectivity index (χ4v) is 3.72. The fourth-order valence-electron chi connectivity index (χ4n) is 1.49. The van der Waals surface area contributed by atoms with E-state index in [4.69, 9.17) is 8.85 Å². The van der Waals surface area contributed by atoms with Crippen molar-refractivity contribution >= 4 is 14.0 Å². The van der Waals surface area contributed by atoms with Crippen molar-refractivity contribution in [2.75, 3.05) is 0 Å². The Bertz CT molecular complexity index is 359. The van der Waals surface area contributed by atoms with E-state index in [1.54, 1.807) is 33.8 Å². The van der Waals surface area contributed by atoms with Crippen molar-refractivity contribution in [1.29, 1.82) is 0 Å². The average molecular weight is 258 g/mol. The van der Waals surface area contributed by atoms with Gasteiger partial charge in [0.05, 0.1) is 0 Å². The van der Waals surface area contributed by atoms with Crippen LogP contribution in [0.5, 0.6) is 0 Å². The van der Waals surface area contributed by atoms with Gasteiger partial charge in [0.2, 0.25) is 0 Å². The second-order valence-electron chi connectivity index (χ2n) is 4.43. The molecule has 1 rings (SSSR count). The standard InChI is InChI=1S/C12H19FO3Si/c1-9(2)15-17(14,16-10(3)4)12-7-5-6-11(13)8-12/h5-10,14H,1-4H3. The SMILES string of the molecule is CC(C)O[Si](O)(OC(C)C)c1cccc(F)c1. The van der Waals surface area contributed by atoms with Gasteiger partial charge in [0.25, 0.3) is 0 Å². The van der Waals surface area contributed by atoms with Crippen molar-refractivity contribution in [1.82, 2.24) is 0 Å². The third-order valence-corrected chi connectivity index (χ3v) is 4.60. The van der Waals surface area contributed by atoms with Gasteiger partial charge >= 0.3 is 8.80 Å². The van der Waals surface area contributed by atoms with E-state index in [0.717, 1.165) is 0 Å². The van der Waals surface area contributed by atoms with E-state index in [9.17, 15) is 9.19 Å². The van der Waals surface area contributed by atoms with Crippen LogP contribution >= 0.6 is 0 Å². The first-order valence-corrected chi connectivity index (χ1v) is 7.44. The minimum Gasteiger partial charge on any atom is -0.386 e. The van der Waals surface area contributed by atoms with E-state index >= 15 is 0 Å². The monoisotopic (exact) mass is 258 g/mol. The second kappa shape index (κ2) is 5.73. The van der Waals surface area contributed by atoms with Gasteiger partial charge in [0, 0.05) is 17.4 Å². The first-order valence-electron chi connectivity index (χ1n) is 5.67. The number of rotatable bonds is 5. The maximum atomic E-state index is 13.2. The molecule has 0 heterocycles. The van der Waals surface area contributed by atoms with Gasteiger partial charge < -0.3 is 13.6 Å². The van der Waals surface area contributed by atoms with Crippen molar-refractivity contribution in [2.45, 2.75) is 39.9 Å². The molecule has 1 aromatic rings. The molecule has 3 nitrogen and oxygen atoms in total. The minimum absolute atomic E-state index is 0.186. The number of halogens is 1. The molecule has 0 aliphatic rings. The summed E-state index contributed by atoms with van der Waals surface area (Å²) in [5.41, 5.74) is 0. The second-order valence-corrected chi connectivity index (χ2v) is 6.64. The van der Waals surface area contributed by atoms with E-state index in [1.807, 2.05) is 0 Å². The molecule has 96 valence electrons. The predicted octanol–water partition coefficient (Wildman–Crippen LogP) is 1.81. The third-order valence-electron chi connectivity index (χ3n) is 1.98. The van der Waals surface area contributed by atoms with Gasteiger partial charge in [-0.1, -0.05) is 12.1 Å². The van der Waals surface area contributed by atoms with Crippen LogP contribution in [0.1, 0.15) is 27.7 Å². The van der Waals surface area contributed by atoms with Gasteiger partial charge in [0.1, 0.15) is 5.82 Å². The normalized spacial score (nSPS) is 12.5. The Morgan fingerprint density at radius 1 is 1.12 bits per heavy atom. The Kier molecular flexibility index (Phi) is 4.82. The third kappa shape index (κ3) is 4.20. The van der Waals surface area contributed by atoms with E-state index < -0.39 is 14.6 Å². The van der Waals surface area contributed by atoms with Crippen LogP contribution in [-0.2, 0) is 8.85 Å². The molecule has 1 N–H and O–H groups in total. The van der Waals surface area contributed by atoms with Crippen molar-refractivity contribution in [3.8, 4) is 0 Å². The summed E-state index contributed by atoms with van der Waals surface area (Å²) in [5.74, 6) is -0.409. The Hall–Kier alpha value is -0.753. The summed E-state index contributed by atoms with van der Waals surface area (Å²) >= 11 is 0. The molecule has 17 heavy (non-hydrogen) atoms. The molecule has 1 aromatic carbocycles. The summed E-state index contributed by atoms with van der Waals surface area (Å²) in [7, 11) is -3.52. The number of benzene rings is 1. The van der Waals surface area contributed by atoms with Crippen LogP contribution in [0.3, 0.4) is 0 Å². The molecule has 0 fully saturated rings. The Morgan fingerprint density at radius 3 is 2.06 bits per heavy atom. The van der Waals surface area contributed by atoms with Gasteiger partial charge in [-0.2, -0.15) is 0 Å². The highest BCUT2D eigenvalue weighted by Crippen LogP contribution is 2.11. The Morgan fingerprint density at radius 2 is 1.65 bits per heavy atom. The first kappa shape index (κ1) is 14.3. The van der Waals surface area contributed by atoms with Crippen molar-refractivity contribution in [2.24, 2.45) is 0 Å². The molecular weight excluding hydrogens is 239 g/mol.